The maximum atomic E-state index is 12.2. The van der Waals surface area contributed by atoms with Crippen molar-refractivity contribution in [2.45, 2.75) is 44.6 Å². The summed E-state index contributed by atoms with van der Waals surface area (Å²) in [5.74, 6) is 2.64. The third-order valence-electron chi connectivity index (χ3n) is 4.51. The first-order chi connectivity index (χ1) is 6.84. The van der Waals surface area contributed by atoms with Gasteiger partial charge in [0.25, 0.3) is 0 Å². The van der Waals surface area contributed by atoms with Crippen LogP contribution in [0.2, 0.25) is 0 Å². The fourth-order valence-corrected chi connectivity index (χ4v) is 3.78. The van der Waals surface area contributed by atoms with Crippen molar-refractivity contribution in [1.82, 2.24) is 5.32 Å². The Balaban J connectivity index is 1.67. The zero-order valence-corrected chi connectivity index (χ0v) is 8.67. The lowest BCUT2D eigenvalue weighted by Gasteiger charge is -2.23. The van der Waals surface area contributed by atoms with Crippen molar-refractivity contribution in [3.63, 3.8) is 0 Å². The zero-order valence-electron chi connectivity index (χ0n) is 8.67. The van der Waals surface area contributed by atoms with Gasteiger partial charge in [-0.15, -0.1) is 0 Å². The second kappa shape index (κ2) is 3.34. The molecular formula is C12H19NO. The molecule has 0 aromatic rings. The van der Waals surface area contributed by atoms with E-state index in [1.54, 1.807) is 0 Å². The lowest BCUT2D eigenvalue weighted by Crippen LogP contribution is -2.37. The van der Waals surface area contributed by atoms with Crippen molar-refractivity contribution in [2.75, 3.05) is 6.54 Å². The van der Waals surface area contributed by atoms with E-state index in [1.165, 1.54) is 32.1 Å². The van der Waals surface area contributed by atoms with Gasteiger partial charge in [0, 0.05) is 5.92 Å². The van der Waals surface area contributed by atoms with Crippen LogP contribution in [0.15, 0.2) is 0 Å². The highest BCUT2D eigenvalue weighted by Gasteiger charge is 2.44. The molecule has 0 aromatic heterocycles. The third-order valence-corrected chi connectivity index (χ3v) is 4.51. The van der Waals surface area contributed by atoms with Gasteiger partial charge in [0.1, 0.15) is 0 Å². The van der Waals surface area contributed by atoms with Gasteiger partial charge < -0.3 is 5.32 Å². The van der Waals surface area contributed by atoms with E-state index in [1.807, 2.05) is 0 Å². The SMILES string of the molecule is O=C(C1CC2CCC1C2)[C@@H]1CCCN1. The lowest BCUT2D eigenvalue weighted by atomic mass is 9.83. The molecule has 3 aliphatic rings. The molecule has 78 valence electrons. The first-order valence-corrected chi connectivity index (χ1v) is 6.11. The lowest BCUT2D eigenvalue weighted by molar-refractivity contribution is -0.126. The fraction of sp³-hybridized carbons (Fsp3) is 0.917. The van der Waals surface area contributed by atoms with Crippen LogP contribution in [-0.4, -0.2) is 18.4 Å². The van der Waals surface area contributed by atoms with Gasteiger partial charge in [-0.1, -0.05) is 6.42 Å². The van der Waals surface area contributed by atoms with Gasteiger partial charge in [0.2, 0.25) is 0 Å². The number of carbonyl (C=O) groups excluding carboxylic acids is 1. The average Bonchev–Trinajstić information content (AvgIpc) is 2.93. The first kappa shape index (κ1) is 8.90. The van der Waals surface area contributed by atoms with Crippen LogP contribution in [0.4, 0.5) is 0 Å². The van der Waals surface area contributed by atoms with E-state index in [-0.39, 0.29) is 6.04 Å². The molecule has 0 aromatic carbocycles. The summed E-state index contributed by atoms with van der Waals surface area (Å²) >= 11 is 0. The molecule has 1 aliphatic heterocycles. The molecule has 1 saturated heterocycles. The van der Waals surface area contributed by atoms with Crippen LogP contribution in [0.1, 0.15) is 38.5 Å². The maximum Gasteiger partial charge on any atom is 0.153 e. The van der Waals surface area contributed by atoms with Crippen LogP contribution in [0.5, 0.6) is 0 Å². The monoisotopic (exact) mass is 193 g/mol. The summed E-state index contributed by atoms with van der Waals surface area (Å²) in [6, 6.07) is 0.222. The van der Waals surface area contributed by atoms with Crippen molar-refractivity contribution < 1.29 is 4.79 Å². The van der Waals surface area contributed by atoms with Crippen LogP contribution in [0.3, 0.4) is 0 Å². The molecule has 0 amide bonds. The third kappa shape index (κ3) is 1.31. The Morgan fingerprint density at radius 2 is 2.07 bits per heavy atom. The Morgan fingerprint density at radius 1 is 1.14 bits per heavy atom. The second-order valence-corrected chi connectivity index (χ2v) is 5.33. The largest absolute Gasteiger partial charge is 0.307 e. The van der Waals surface area contributed by atoms with Gasteiger partial charge in [0.05, 0.1) is 6.04 Å². The minimum absolute atomic E-state index is 0.222. The molecule has 0 spiro atoms. The van der Waals surface area contributed by atoms with E-state index in [0.717, 1.165) is 24.8 Å². The number of fused-ring (bicyclic) bond motifs is 2. The van der Waals surface area contributed by atoms with Crippen molar-refractivity contribution in [1.29, 1.82) is 0 Å². The highest BCUT2D eigenvalue weighted by molar-refractivity contribution is 5.87. The quantitative estimate of drug-likeness (QED) is 0.724. The number of hydrogen-bond acceptors (Lipinski definition) is 2. The maximum absolute atomic E-state index is 12.2. The van der Waals surface area contributed by atoms with Crippen LogP contribution in [-0.2, 0) is 4.79 Å². The fourth-order valence-electron chi connectivity index (χ4n) is 3.78. The van der Waals surface area contributed by atoms with Crippen LogP contribution in [0.25, 0.3) is 0 Å². The highest BCUT2D eigenvalue weighted by atomic mass is 16.1. The predicted molar refractivity (Wildman–Crippen MR) is 55.0 cm³/mol. The Bertz CT molecular complexity index is 245. The Labute approximate surface area is 85.4 Å². The number of nitrogens with one attached hydrogen (secondary N) is 1. The number of hydrogen-bond donors (Lipinski definition) is 1. The minimum Gasteiger partial charge on any atom is -0.307 e. The summed E-state index contributed by atoms with van der Waals surface area (Å²) in [7, 11) is 0. The van der Waals surface area contributed by atoms with Gasteiger partial charge in [-0.2, -0.15) is 0 Å². The summed E-state index contributed by atoms with van der Waals surface area (Å²) in [5, 5.41) is 3.34. The van der Waals surface area contributed by atoms with E-state index in [4.69, 9.17) is 0 Å². The Hall–Kier alpha value is -0.370. The van der Waals surface area contributed by atoms with Crippen LogP contribution < -0.4 is 5.32 Å². The molecule has 2 bridgehead atoms. The molecular weight excluding hydrogens is 174 g/mol. The second-order valence-electron chi connectivity index (χ2n) is 5.33. The van der Waals surface area contributed by atoms with Crippen molar-refractivity contribution >= 4 is 5.78 Å². The van der Waals surface area contributed by atoms with E-state index in [0.29, 0.717) is 11.7 Å². The summed E-state index contributed by atoms with van der Waals surface area (Å²) in [6.07, 6.45) is 7.56. The molecule has 1 N–H and O–H groups in total. The molecule has 2 nitrogen and oxygen atoms in total. The molecule has 2 saturated carbocycles. The molecule has 14 heavy (non-hydrogen) atoms. The molecule has 3 unspecified atom stereocenters. The van der Waals surface area contributed by atoms with Crippen molar-refractivity contribution in [2.24, 2.45) is 17.8 Å². The molecule has 3 rings (SSSR count). The van der Waals surface area contributed by atoms with E-state index >= 15 is 0 Å². The van der Waals surface area contributed by atoms with Gasteiger partial charge in [-0.25, -0.2) is 0 Å². The standard InChI is InChI=1S/C12H19NO/c14-12(11-2-1-5-13-11)10-7-8-3-4-9(10)6-8/h8-11,13H,1-7H2/t8?,9?,10?,11-/m0/s1. The Morgan fingerprint density at radius 3 is 2.64 bits per heavy atom. The van der Waals surface area contributed by atoms with Crippen LogP contribution >= 0.6 is 0 Å². The minimum atomic E-state index is 0.222. The molecule has 0 radical (unpaired) electrons. The molecule has 4 atom stereocenters. The summed E-state index contributed by atoms with van der Waals surface area (Å²) in [4.78, 5) is 12.2. The average molecular weight is 193 g/mol. The number of carbonyl (C=O) groups is 1. The van der Waals surface area contributed by atoms with Gasteiger partial charge in [-0.3, -0.25) is 4.79 Å². The van der Waals surface area contributed by atoms with E-state index in [2.05, 4.69) is 5.32 Å². The van der Waals surface area contributed by atoms with Crippen molar-refractivity contribution in [3.05, 3.63) is 0 Å². The van der Waals surface area contributed by atoms with Gasteiger partial charge >= 0.3 is 0 Å². The zero-order chi connectivity index (χ0) is 9.54. The van der Waals surface area contributed by atoms with E-state index in [9.17, 15) is 4.79 Å². The smallest absolute Gasteiger partial charge is 0.153 e. The van der Waals surface area contributed by atoms with Gasteiger partial charge in [0.15, 0.2) is 5.78 Å². The number of Topliss-reactive ketones (excluding diaryl/α,β-unsaturated/α-hetero) is 1. The van der Waals surface area contributed by atoms with Gasteiger partial charge in [-0.05, 0) is 50.5 Å². The Kier molecular flexibility index (Phi) is 2.12. The van der Waals surface area contributed by atoms with Crippen LogP contribution in [0, 0.1) is 17.8 Å². The summed E-state index contributed by atoms with van der Waals surface area (Å²) in [6.45, 7) is 1.05. The number of rotatable bonds is 2. The molecule has 1 heterocycles. The molecule has 2 aliphatic carbocycles. The summed E-state index contributed by atoms with van der Waals surface area (Å²) < 4.78 is 0. The first-order valence-electron chi connectivity index (χ1n) is 6.11. The normalized spacial score (nSPS) is 46.0. The summed E-state index contributed by atoms with van der Waals surface area (Å²) in [5.41, 5.74) is 0. The molecule has 2 heteroatoms. The highest BCUT2D eigenvalue weighted by Crippen LogP contribution is 2.49. The van der Waals surface area contributed by atoms with E-state index < -0.39 is 0 Å². The topological polar surface area (TPSA) is 29.1 Å². The van der Waals surface area contributed by atoms with Crippen molar-refractivity contribution in [3.8, 4) is 0 Å². The number of ketones is 1. The molecule has 3 fully saturated rings. The predicted octanol–water partition coefficient (Wildman–Crippen LogP) is 1.74.